The summed E-state index contributed by atoms with van der Waals surface area (Å²) in [5.41, 5.74) is 2.54. The zero-order chi connectivity index (χ0) is 10.7. The van der Waals surface area contributed by atoms with Gasteiger partial charge in [-0.1, -0.05) is 6.07 Å². The maximum atomic E-state index is 4.68. The Balaban J connectivity index is 2.10. The van der Waals surface area contributed by atoms with Crippen molar-refractivity contribution in [1.29, 1.82) is 0 Å². The molecule has 0 aliphatic carbocycles. The van der Waals surface area contributed by atoms with E-state index >= 15 is 0 Å². The Morgan fingerprint density at radius 1 is 1.33 bits per heavy atom. The quantitative estimate of drug-likeness (QED) is 0.814. The standard InChI is InChI=1S/C10H14N4O/c1-14(2)7-6-11-8-4-3-5-9-10(8)13-15-12-9/h3-5,11H,6-7H2,1-2H3. The topological polar surface area (TPSA) is 54.2 Å². The zero-order valence-electron chi connectivity index (χ0n) is 8.90. The second kappa shape index (κ2) is 4.27. The summed E-state index contributed by atoms with van der Waals surface area (Å²) in [5, 5.41) is 10.9. The van der Waals surface area contributed by atoms with Crippen LogP contribution in [0.5, 0.6) is 0 Å². The van der Waals surface area contributed by atoms with Crippen molar-refractivity contribution in [2.75, 3.05) is 32.5 Å². The van der Waals surface area contributed by atoms with Gasteiger partial charge < -0.3 is 10.2 Å². The number of fused-ring (bicyclic) bond motifs is 1. The molecule has 5 nitrogen and oxygen atoms in total. The molecule has 80 valence electrons. The van der Waals surface area contributed by atoms with E-state index in [1.54, 1.807) is 0 Å². The van der Waals surface area contributed by atoms with Crippen molar-refractivity contribution in [3.8, 4) is 0 Å². The van der Waals surface area contributed by atoms with Crippen molar-refractivity contribution in [3.05, 3.63) is 18.2 Å². The van der Waals surface area contributed by atoms with E-state index in [9.17, 15) is 0 Å². The molecule has 0 bridgehead atoms. The van der Waals surface area contributed by atoms with Crippen LogP contribution in [0, 0.1) is 0 Å². The zero-order valence-corrected chi connectivity index (χ0v) is 8.90. The highest BCUT2D eigenvalue weighted by molar-refractivity contribution is 5.86. The molecule has 15 heavy (non-hydrogen) atoms. The van der Waals surface area contributed by atoms with E-state index in [4.69, 9.17) is 0 Å². The Kier molecular flexibility index (Phi) is 2.82. The fourth-order valence-electron chi connectivity index (χ4n) is 1.36. The van der Waals surface area contributed by atoms with Gasteiger partial charge in [-0.05, 0) is 36.5 Å². The highest BCUT2D eigenvalue weighted by atomic mass is 16.6. The molecular weight excluding hydrogens is 192 g/mol. The number of hydrogen-bond acceptors (Lipinski definition) is 5. The monoisotopic (exact) mass is 206 g/mol. The summed E-state index contributed by atoms with van der Waals surface area (Å²) < 4.78 is 4.68. The molecule has 2 rings (SSSR count). The minimum absolute atomic E-state index is 0.782. The molecular formula is C10H14N4O. The summed E-state index contributed by atoms with van der Waals surface area (Å²) in [6, 6.07) is 5.79. The van der Waals surface area contributed by atoms with Gasteiger partial charge in [-0.2, -0.15) is 0 Å². The molecule has 0 amide bonds. The fourth-order valence-corrected chi connectivity index (χ4v) is 1.36. The number of hydrogen-bond donors (Lipinski definition) is 1. The minimum atomic E-state index is 0.782. The fraction of sp³-hybridized carbons (Fsp3) is 0.400. The summed E-state index contributed by atoms with van der Waals surface area (Å²) in [4.78, 5) is 2.12. The maximum Gasteiger partial charge on any atom is 0.158 e. The van der Waals surface area contributed by atoms with Crippen molar-refractivity contribution >= 4 is 16.7 Å². The molecule has 0 spiro atoms. The van der Waals surface area contributed by atoms with Crippen LogP contribution in [-0.4, -0.2) is 42.4 Å². The first kappa shape index (κ1) is 9.92. The summed E-state index contributed by atoms with van der Waals surface area (Å²) in [6.45, 7) is 1.85. The van der Waals surface area contributed by atoms with Crippen molar-refractivity contribution < 1.29 is 4.63 Å². The van der Waals surface area contributed by atoms with Crippen LogP contribution < -0.4 is 5.32 Å². The predicted octanol–water partition coefficient (Wildman–Crippen LogP) is 1.20. The lowest BCUT2D eigenvalue weighted by molar-refractivity contribution is 0.315. The maximum absolute atomic E-state index is 4.68. The van der Waals surface area contributed by atoms with Gasteiger partial charge in [0.25, 0.3) is 0 Å². The lowest BCUT2D eigenvalue weighted by Gasteiger charge is -2.10. The number of aromatic nitrogens is 2. The SMILES string of the molecule is CN(C)CCNc1cccc2nonc12. The van der Waals surface area contributed by atoms with Crippen molar-refractivity contribution in [3.63, 3.8) is 0 Å². The van der Waals surface area contributed by atoms with E-state index in [-0.39, 0.29) is 0 Å². The van der Waals surface area contributed by atoms with Gasteiger partial charge in [0.15, 0.2) is 5.52 Å². The van der Waals surface area contributed by atoms with Crippen LogP contribution in [0.4, 0.5) is 5.69 Å². The van der Waals surface area contributed by atoms with Crippen LogP contribution in [-0.2, 0) is 0 Å². The van der Waals surface area contributed by atoms with E-state index in [1.807, 2.05) is 32.3 Å². The molecule has 0 unspecified atom stereocenters. The average Bonchev–Trinajstić information content (AvgIpc) is 2.65. The summed E-state index contributed by atoms with van der Waals surface area (Å²) in [6.07, 6.45) is 0. The number of nitrogens with zero attached hydrogens (tertiary/aromatic N) is 3. The summed E-state index contributed by atoms with van der Waals surface area (Å²) in [5.74, 6) is 0. The van der Waals surface area contributed by atoms with Gasteiger partial charge in [0, 0.05) is 13.1 Å². The second-order valence-electron chi connectivity index (χ2n) is 3.67. The van der Waals surface area contributed by atoms with Crippen LogP contribution in [0.1, 0.15) is 0 Å². The van der Waals surface area contributed by atoms with E-state index in [0.717, 1.165) is 29.8 Å². The molecule has 0 fully saturated rings. The Labute approximate surface area is 88.0 Å². The molecule has 5 heteroatoms. The Morgan fingerprint density at radius 3 is 3.00 bits per heavy atom. The van der Waals surface area contributed by atoms with Gasteiger partial charge >= 0.3 is 0 Å². The van der Waals surface area contributed by atoms with Gasteiger partial charge in [0.05, 0.1) is 5.69 Å². The smallest absolute Gasteiger partial charge is 0.158 e. The Bertz CT molecular complexity index is 438. The molecule has 2 aromatic rings. The molecule has 0 aliphatic heterocycles. The van der Waals surface area contributed by atoms with Crippen molar-refractivity contribution in [1.82, 2.24) is 15.2 Å². The molecule has 0 atom stereocenters. The number of likely N-dealkylation sites (N-methyl/N-ethyl adjacent to an activating group) is 1. The third kappa shape index (κ3) is 2.24. The molecule has 1 N–H and O–H groups in total. The first-order valence-electron chi connectivity index (χ1n) is 4.87. The lowest BCUT2D eigenvalue weighted by atomic mass is 10.2. The summed E-state index contributed by atoms with van der Waals surface area (Å²) in [7, 11) is 4.08. The second-order valence-corrected chi connectivity index (χ2v) is 3.67. The first-order valence-corrected chi connectivity index (χ1v) is 4.87. The lowest BCUT2D eigenvalue weighted by Crippen LogP contribution is -2.20. The molecule has 1 heterocycles. The van der Waals surface area contributed by atoms with E-state index in [2.05, 4.69) is 25.2 Å². The van der Waals surface area contributed by atoms with Gasteiger partial charge in [-0.3, -0.25) is 0 Å². The van der Waals surface area contributed by atoms with Crippen LogP contribution in [0.25, 0.3) is 11.0 Å². The van der Waals surface area contributed by atoms with E-state index in [1.165, 1.54) is 0 Å². The number of nitrogens with one attached hydrogen (secondary N) is 1. The summed E-state index contributed by atoms with van der Waals surface area (Å²) >= 11 is 0. The van der Waals surface area contributed by atoms with Crippen molar-refractivity contribution in [2.24, 2.45) is 0 Å². The van der Waals surface area contributed by atoms with Crippen LogP contribution in [0.3, 0.4) is 0 Å². The molecule has 0 saturated heterocycles. The van der Waals surface area contributed by atoms with Crippen LogP contribution >= 0.6 is 0 Å². The van der Waals surface area contributed by atoms with E-state index in [0.29, 0.717) is 0 Å². The van der Waals surface area contributed by atoms with Gasteiger partial charge in [-0.25, -0.2) is 4.63 Å². The highest BCUT2D eigenvalue weighted by Gasteiger charge is 2.04. The predicted molar refractivity (Wildman–Crippen MR) is 58.8 cm³/mol. The Morgan fingerprint density at radius 2 is 2.20 bits per heavy atom. The normalized spacial score (nSPS) is 11.1. The van der Waals surface area contributed by atoms with E-state index < -0.39 is 0 Å². The van der Waals surface area contributed by atoms with Crippen molar-refractivity contribution in [2.45, 2.75) is 0 Å². The van der Waals surface area contributed by atoms with Gasteiger partial charge in [0.2, 0.25) is 0 Å². The molecule has 0 saturated carbocycles. The Hall–Kier alpha value is -1.62. The third-order valence-corrected chi connectivity index (χ3v) is 2.16. The number of rotatable bonds is 4. The third-order valence-electron chi connectivity index (χ3n) is 2.16. The highest BCUT2D eigenvalue weighted by Crippen LogP contribution is 2.18. The van der Waals surface area contributed by atoms with Crippen LogP contribution in [0.2, 0.25) is 0 Å². The van der Waals surface area contributed by atoms with Crippen LogP contribution in [0.15, 0.2) is 22.8 Å². The largest absolute Gasteiger partial charge is 0.382 e. The van der Waals surface area contributed by atoms with Gasteiger partial charge in [-0.15, -0.1) is 0 Å². The number of benzene rings is 1. The molecule has 0 radical (unpaired) electrons. The molecule has 1 aromatic carbocycles. The molecule has 0 aliphatic rings. The van der Waals surface area contributed by atoms with Gasteiger partial charge in [0.1, 0.15) is 5.52 Å². The average molecular weight is 206 g/mol. The first-order chi connectivity index (χ1) is 7.27. The molecule has 1 aromatic heterocycles. The number of anilines is 1. The minimum Gasteiger partial charge on any atom is -0.382 e.